The predicted molar refractivity (Wildman–Crippen MR) is 118 cm³/mol. The number of pyridine rings is 1. The minimum atomic E-state index is -0.225. The molecule has 164 valence electrons. The van der Waals surface area contributed by atoms with Gasteiger partial charge in [-0.2, -0.15) is 0 Å². The molecule has 2 aliphatic rings. The molecule has 0 unspecified atom stereocenters. The third-order valence-electron chi connectivity index (χ3n) is 6.18. The number of fused-ring (bicyclic) bond motifs is 1. The van der Waals surface area contributed by atoms with E-state index in [-0.39, 0.29) is 40.1 Å². The van der Waals surface area contributed by atoms with Crippen LogP contribution < -0.4 is 4.74 Å². The van der Waals surface area contributed by atoms with Crippen LogP contribution in [-0.4, -0.2) is 38.7 Å². The number of ether oxygens (including phenoxy) is 1. The van der Waals surface area contributed by atoms with E-state index < -0.39 is 0 Å². The topological polar surface area (TPSA) is 103 Å². The Morgan fingerprint density at radius 3 is 2.88 bits per heavy atom. The summed E-state index contributed by atoms with van der Waals surface area (Å²) in [5.41, 5.74) is 4.84. The summed E-state index contributed by atoms with van der Waals surface area (Å²) in [5.74, 6) is 0.330. The Morgan fingerprint density at radius 2 is 2.12 bits per heavy atom. The molecule has 9 heteroatoms. The number of hydrogen-bond acceptors (Lipinski definition) is 8. The fourth-order valence-corrected chi connectivity index (χ4v) is 4.10. The van der Waals surface area contributed by atoms with E-state index in [4.69, 9.17) is 30.8 Å². The molecule has 0 spiro atoms. The predicted octanol–water partition coefficient (Wildman–Crippen LogP) is 4.63. The zero-order valence-corrected chi connectivity index (χ0v) is 18.8. The first-order valence-electron chi connectivity index (χ1n) is 10.5. The molecule has 0 amide bonds. The van der Waals surface area contributed by atoms with E-state index in [1.807, 2.05) is 19.1 Å². The highest BCUT2D eigenvalue weighted by Gasteiger charge is 2.41. The van der Waals surface area contributed by atoms with Crippen molar-refractivity contribution in [2.75, 3.05) is 7.11 Å². The minimum Gasteiger partial charge on any atom is -0.480 e. The first-order valence-corrected chi connectivity index (χ1v) is 10.9. The Hall–Kier alpha value is -3.13. The van der Waals surface area contributed by atoms with Crippen LogP contribution in [0.25, 0.3) is 0 Å². The van der Waals surface area contributed by atoms with Gasteiger partial charge < -0.3 is 9.26 Å². The second-order valence-corrected chi connectivity index (χ2v) is 9.02. The lowest BCUT2D eigenvalue weighted by Crippen LogP contribution is -2.09. The lowest BCUT2D eigenvalue weighted by molar-refractivity contribution is 0.0966. The third-order valence-corrected chi connectivity index (χ3v) is 6.52. The van der Waals surface area contributed by atoms with Crippen LogP contribution in [0.3, 0.4) is 0 Å². The smallest absolute Gasteiger partial charge is 0.236 e. The Balaban J connectivity index is 1.29. The number of ketones is 1. The van der Waals surface area contributed by atoms with Gasteiger partial charge in [0.2, 0.25) is 5.88 Å². The molecular formula is C23H22ClN5O3. The van der Waals surface area contributed by atoms with E-state index in [2.05, 4.69) is 28.1 Å². The van der Waals surface area contributed by atoms with Gasteiger partial charge >= 0.3 is 0 Å². The summed E-state index contributed by atoms with van der Waals surface area (Å²) >= 11 is 6.18. The monoisotopic (exact) mass is 451 g/mol. The van der Waals surface area contributed by atoms with E-state index in [1.54, 1.807) is 0 Å². The molecule has 5 rings (SSSR count). The number of carbonyl (C=O) groups is 1. The first-order chi connectivity index (χ1) is 15.4. The summed E-state index contributed by atoms with van der Waals surface area (Å²) in [5, 5.41) is 4.30. The molecule has 0 bridgehead atoms. The van der Waals surface area contributed by atoms with E-state index in [1.165, 1.54) is 26.3 Å². The molecule has 32 heavy (non-hydrogen) atoms. The summed E-state index contributed by atoms with van der Waals surface area (Å²) in [4.78, 5) is 30.2. The summed E-state index contributed by atoms with van der Waals surface area (Å²) in [6.07, 6.45) is 4.40. The Labute approximate surface area is 190 Å². The zero-order chi connectivity index (χ0) is 22.5. The van der Waals surface area contributed by atoms with E-state index in [9.17, 15) is 4.79 Å². The maximum absolute atomic E-state index is 12.7. The van der Waals surface area contributed by atoms with Crippen LogP contribution in [0.15, 0.2) is 34.0 Å². The molecule has 1 fully saturated rings. The van der Waals surface area contributed by atoms with Crippen LogP contribution >= 0.6 is 11.6 Å². The van der Waals surface area contributed by atoms with Gasteiger partial charge in [-0.05, 0) is 25.0 Å². The quantitative estimate of drug-likeness (QED) is 0.482. The fourth-order valence-electron chi connectivity index (χ4n) is 3.82. The van der Waals surface area contributed by atoms with Crippen LogP contribution in [-0.2, 0) is 11.8 Å². The van der Waals surface area contributed by atoms with Crippen molar-refractivity contribution in [1.29, 1.82) is 0 Å². The number of Topliss-reactive ketones (excluding diaryl/α,β-unsaturated/α-hetero) is 1. The normalized spacial score (nSPS) is 16.9. The second kappa shape index (κ2) is 7.78. The number of rotatable bonds is 7. The van der Waals surface area contributed by atoms with Crippen molar-refractivity contribution in [3.05, 3.63) is 58.1 Å². The largest absolute Gasteiger partial charge is 0.480 e. The van der Waals surface area contributed by atoms with Crippen LogP contribution in [0, 0.1) is 0 Å². The highest BCUT2D eigenvalue weighted by Crippen LogP contribution is 2.47. The molecular weight excluding hydrogens is 430 g/mol. The Morgan fingerprint density at radius 1 is 1.31 bits per heavy atom. The van der Waals surface area contributed by atoms with Gasteiger partial charge in [-0.15, -0.1) is 0 Å². The molecule has 1 aliphatic carbocycles. The lowest BCUT2D eigenvalue weighted by atomic mass is 9.99. The molecule has 0 saturated heterocycles. The molecule has 0 N–H and O–H groups in total. The van der Waals surface area contributed by atoms with Gasteiger partial charge in [0.15, 0.2) is 5.78 Å². The fraction of sp³-hybridized carbons (Fsp3) is 0.391. The maximum Gasteiger partial charge on any atom is 0.236 e. The summed E-state index contributed by atoms with van der Waals surface area (Å²) in [6.45, 7) is 4.14. The van der Waals surface area contributed by atoms with Gasteiger partial charge in [-0.3, -0.25) is 9.78 Å². The van der Waals surface area contributed by atoms with Crippen LogP contribution in [0.2, 0.25) is 5.02 Å². The molecule has 0 radical (unpaired) electrons. The summed E-state index contributed by atoms with van der Waals surface area (Å²) in [6, 6.07) is 5.96. The van der Waals surface area contributed by atoms with Crippen molar-refractivity contribution in [3.8, 4) is 5.88 Å². The number of nitrogens with zero attached hydrogens (tertiary/aromatic N) is 5. The number of carbonyl (C=O) groups excluding carboxylic acids is 1. The van der Waals surface area contributed by atoms with Crippen LogP contribution in [0.4, 0.5) is 5.69 Å². The van der Waals surface area contributed by atoms with Crippen molar-refractivity contribution < 1.29 is 14.1 Å². The van der Waals surface area contributed by atoms with Gasteiger partial charge in [-0.1, -0.05) is 30.6 Å². The maximum atomic E-state index is 12.7. The van der Waals surface area contributed by atoms with Crippen molar-refractivity contribution in [1.82, 2.24) is 20.1 Å². The van der Waals surface area contributed by atoms with E-state index in [0.717, 1.165) is 22.8 Å². The first kappa shape index (κ1) is 20.8. The molecule has 4 heterocycles. The summed E-state index contributed by atoms with van der Waals surface area (Å²) in [7, 11) is 1.44. The molecule has 1 saturated carbocycles. The molecule has 3 aromatic rings. The average molecular weight is 452 g/mol. The number of aromatic nitrogens is 4. The standard InChI is InChI=1S/C23H22ClN5O3/c1-12(8-17(30)21-20(24)22(31-3)26-11-25-21)18-10-16(29-32-18)15-9-14-13(27-15)4-5-19(28-14)23(2)6-7-23/h4-5,10-12H,6-9H2,1-3H3/t12-/m0/s1. The van der Waals surface area contributed by atoms with Crippen LogP contribution in [0.5, 0.6) is 5.88 Å². The number of aliphatic imine (C=N–C) groups is 1. The Kier molecular flexibility index (Phi) is 5.04. The number of hydrogen-bond donors (Lipinski definition) is 0. The minimum absolute atomic E-state index is 0.107. The third kappa shape index (κ3) is 3.68. The van der Waals surface area contributed by atoms with Gasteiger partial charge in [0, 0.05) is 35.9 Å². The lowest BCUT2D eigenvalue weighted by Gasteiger charge is -2.08. The number of halogens is 1. The average Bonchev–Trinajstić information content (AvgIpc) is 3.19. The highest BCUT2D eigenvalue weighted by atomic mass is 35.5. The van der Waals surface area contributed by atoms with Gasteiger partial charge in [0.1, 0.15) is 28.5 Å². The van der Waals surface area contributed by atoms with Crippen molar-refractivity contribution in [2.45, 2.75) is 50.9 Å². The highest BCUT2D eigenvalue weighted by molar-refractivity contribution is 6.34. The second-order valence-electron chi connectivity index (χ2n) is 8.65. The molecule has 8 nitrogen and oxygen atoms in total. The molecule has 3 aromatic heterocycles. The van der Waals surface area contributed by atoms with Gasteiger partial charge in [-0.25, -0.2) is 15.0 Å². The molecule has 1 atom stereocenters. The van der Waals surface area contributed by atoms with Crippen molar-refractivity contribution >= 4 is 28.8 Å². The molecule has 1 aliphatic heterocycles. The Bertz CT molecular complexity index is 1250. The van der Waals surface area contributed by atoms with E-state index >= 15 is 0 Å². The van der Waals surface area contributed by atoms with Crippen LogP contribution in [0.1, 0.15) is 72.4 Å². The number of methoxy groups -OCH3 is 1. The SMILES string of the molecule is COc1ncnc(C(=O)C[C@H](C)c2cc(C3=Nc4ccc(C5(C)CC5)nc4C3)no2)c1Cl. The van der Waals surface area contributed by atoms with Crippen molar-refractivity contribution in [2.24, 2.45) is 4.99 Å². The summed E-state index contributed by atoms with van der Waals surface area (Å²) < 4.78 is 10.6. The van der Waals surface area contributed by atoms with Gasteiger partial charge in [0.05, 0.1) is 24.2 Å². The zero-order valence-electron chi connectivity index (χ0n) is 18.1. The van der Waals surface area contributed by atoms with Crippen molar-refractivity contribution in [3.63, 3.8) is 0 Å². The van der Waals surface area contributed by atoms with Gasteiger partial charge in [0.25, 0.3) is 0 Å². The molecule has 0 aromatic carbocycles. The van der Waals surface area contributed by atoms with E-state index in [0.29, 0.717) is 17.9 Å².